The van der Waals surface area contributed by atoms with Crippen molar-refractivity contribution < 1.29 is 9.59 Å². The van der Waals surface area contributed by atoms with E-state index < -0.39 is 0 Å². The fourth-order valence-electron chi connectivity index (χ4n) is 2.60. The van der Waals surface area contributed by atoms with Crippen molar-refractivity contribution in [2.45, 2.75) is 26.2 Å². The van der Waals surface area contributed by atoms with Gasteiger partial charge in [-0.1, -0.05) is 6.92 Å². The second-order valence-corrected chi connectivity index (χ2v) is 6.03. The maximum Gasteiger partial charge on any atom is 0.240 e. The molecule has 0 saturated heterocycles. The number of benzene rings is 1. The van der Waals surface area contributed by atoms with Gasteiger partial charge in [0.15, 0.2) is 0 Å². The molecule has 2 aliphatic rings. The summed E-state index contributed by atoms with van der Waals surface area (Å²) in [6.45, 7) is 1.99. The van der Waals surface area contributed by atoms with Crippen LogP contribution in [0.15, 0.2) is 21.7 Å². The SMILES string of the molecule is CC1CC(=O)NN=C1c1cc(Br)c2c(c1)CCC(=O)N2. The zero-order chi connectivity index (χ0) is 14.3. The number of hydrazone groups is 1. The van der Waals surface area contributed by atoms with E-state index in [9.17, 15) is 9.59 Å². The summed E-state index contributed by atoms with van der Waals surface area (Å²) in [5, 5.41) is 7.06. The molecule has 1 atom stereocenters. The first kappa shape index (κ1) is 13.3. The molecule has 5 nitrogen and oxygen atoms in total. The summed E-state index contributed by atoms with van der Waals surface area (Å²) in [5.41, 5.74) is 6.34. The number of amides is 2. The Bertz CT molecular complexity index is 640. The van der Waals surface area contributed by atoms with Gasteiger partial charge < -0.3 is 5.32 Å². The minimum atomic E-state index is -0.0504. The Morgan fingerprint density at radius 2 is 2.05 bits per heavy atom. The van der Waals surface area contributed by atoms with Crippen molar-refractivity contribution >= 4 is 39.1 Å². The zero-order valence-electron chi connectivity index (χ0n) is 11.0. The van der Waals surface area contributed by atoms with Crippen LogP contribution in [0.5, 0.6) is 0 Å². The van der Waals surface area contributed by atoms with Crippen LogP contribution in [0.1, 0.15) is 30.9 Å². The standard InChI is InChI=1S/C14H14BrN3O2/c1-7-4-12(20)17-18-13(7)9-5-8-2-3-11(19)16-14(8)10(15)6-9/h5-7H,2-4H2,1H3,(H,16,19)(H,17,20). The summed E-state index contributed by atoms with van der Waals surface area (Å²) in [6.07, 6.45) is 1.67. The van der Waals surface area contributed by atoms with Crippen molar-refractivity contribution in [2.75, 3.05) is 5.32 Å². The van der Waals surface area contributed by atoms with E-state index in [1.54, 1.807) is 0 Å². The van der Waals surface area contributed by atoms with Crippen LogP contribution in [-0.2, 0) is 16.0 Å². The minimum Gasteiger partial charge on any atom is -0.325 e. The van der Waals surface area contributed by atoms with Crippen LogP contribution < -0.4 is 10.7 Å². The number of nitrogens with zero attached hydrogens (tertiary/aromatic N) is 1. The van der Waals surface area contributed by atoms with Crippen LogP contribution in [0.3, 0.4) is 0 Å². The second kappa shape index (κ2) is 5.01. The van der Waals surface area contributed by atoms with Crippen molar-refractivity contribution in [2.24, 2.45) is 11.0 Å². The first-order chi connectivity index (χ1) is 9.54. The molecule has 2 amide bonds. The molecule has 0 fully saturated rings. The summed E-state index contributed by atoms with van der Waals surface area (Å²) in [4.78, 5) is 22.8. The number of carbonyl (C=O) groups excluding carboxylic acids is 2. The molecule has 2 aliphatic heterocycles. The van der Waals surface area contributed by atoms with Gasteiger partial charge in [-0.25, -0.2) is 5.43 Å². The molecule has 0 aliphatic carbocycles. The summed E-state index contributed by atoms with van der Waals surface area (Å²) in [6, 6.07) is 3.99. The van der Waals surface area contributed by atoms with Gasteiger partial charge in [0.05, 0.1) is 11.4 Å². The summed E-state index contributed by atoms with van der Waals surface area (Å²) in [7, 11) is 0. The number of anilines is 1. The molecule has 104 valence electrons. The third-order valence-electron chi connectivity index (χ3n) is 3.61. The lowest BCUT2D eigenvalue weighted by Gasteiger charge is -2.23. The highest BCUT2D eigenvalue weighted by Crippen LogP contribution is 2.33. The van der Waals surface area contributed by atoms with Gasteiger partial charge in [0.1, 0.15) is 0 Å². The first-order valence-corrected chi connectivity index (χ1v) is 7.33. The Hall–Kier alpha value is -1.69. The molecule has 1 aromatic rings. The molecule has 6 heteroatoms. The smallest absolute Gasteiger partial charge is 0.240 e. The largest absolute Gasteiger partial charge is 0.325 e. The number of fused-ring (bicyclic) bond motifs is 1. The van der Waals surface area contributed by atoms with Crippen molar-refractivity contribution in [1.29, 1.82) is 0 Å². The van der Waals surface area contributed by atoms with Gasteiger partial charge in [-0.15, -0.1) is 0 Å². The summed E-state index contributed by atoms with van der Waals surface area (Å²) < 4.78 is 0.852. The molecule has 20 heavy (non-hydrogen) atoms. The minimum absolute atomic E-state index is 0.0431. The quantitative estimate of drug-likeness (QED) is 0.825. The fraction of sp³-hybridized carbons (Fsp3) is 0.357. The number of rotatable bonds is 1. The number of hydrogen-bond donors (Lipinski definition) is 2. The predicted octanol–water partition coefficient (Wildman–Crippen LogP) is 2.19. The van der Waals surface area contributed by atoms with Crippen molar-refractivity contribution in [3.05, 3.63) is 27.7 Å². The summed E-state index contributed by atoms with van der Waals surface area (Å²) >= 11 is 3.50. The summed E-state index contributed by atoms with van der Waals surface area (Å²) in [5.74, 6) is 0.0824. The molecule has 0 spiro atoms. The van der Waals surface area contributed by atoms with Gasteiger partial charge in [-0.3, -0.25) is 9.59 Å². The average Bonchev–Trinajstić information content (AvgIpc) is 2.39. The van der Waals surface area contributed by atoms with E-state index in [0.717, 1.165) is 33.4 Å². The zero-order valence-corrected chi connectivity index (χ0v) is 12.6. The number of carbonyl (C=O) groups is 2. The molecule has 1 unspecified atom stereocenters. The third-order valence-corrected chi connectivity index (χ3v) is 4.24. The normalized spacial score (nSPS) is 21.7. The van der Waals surface area contributed by atoms with Crippen LogP contribution >= 0.6 is 15.9 Å². The third kappa shape index (κ3) is 2.35. The maximum absolute atomic E-state index is 11.4. The van der Waals surface area contributed by atoms with E-state index in [2.05, 4.69) is 31.8 Å². The van der Waals surface area contributed by atoms with E-state index in [0.29, 0.717) is 12.8 Å². The van der Waals surface area contributed by atoms with Crippen LogP contribution in [0, 0.1) is 5.92 Å². The van der Waals surface area contributed by atoms with Gasteiger partial charge in [-0.2, -0.15) is 5.10 Å². The number of aryl methyl sites for hydroxylation is 1. The Morgan fingerprint density at radius 1 is 1.25 bits per heavy atom. The maximum atomic E-state index is 11.4. The molecule has 0 radical (unpaired) electrons. The lowest BCUT2D eigenvalue weighted by Crippen LogP contribution is -2.32. The number of nitrogens with one attached hydrogen (secondary N) is 2. The van der Waals surface area contributed by atoms with E-state index in [1.807, 2.05) is 19.1 Å². The van der Waals surface area contributed by atoms with Crippen LogP contribution in [0.2, 0.25) is 0 Å². The average molecular weight is 336 g/mol. The lowest BCUT2D eigenvalue weighted by molar-refractivity contribution is -0.122. The van der Waals surface area contributed by atoms with Crippen molar-refractivity contribution in [3.63, 3.8) is 0 Å². The molecule has 3 rings (SSSR count). The van der Waals surface area contributed by atoms with Gasteiger partial charge in [0.25, 0.3) is 0 Å². The Labute approximate surface area is 124 Å². The van der Waals surface area contributed by atoms with E-state index >= 15 is 0 Å². The van der Waals surface area contributed by atoms with Gasteiger partial charge in [0.2, 0.25) is 11.8 Å². The molecule has 2 heterocycles. The molecule has 0 aromatic heterocycles. The highest BCUT2D eigenvalue weighted by molar-refractivity contribution is 9.10. The first-order valence-electron chi connectivity index (χ1n) is 6.53. The van der Waals surface area contributed by atoms with Gasteiger partial charge >= 0.3 is 0 Å². The van der Waals surface area contributed by atoms with E-state index in [1.165, 1.54) is 0 Å². The number of halogens is 1. The van der Waals surface area contributed by atoms with Crippen LogP contribution in [0.4, 0.5) is 5.69 Å². The lowest BCUT2D eigenvalue weighted by atomic mass is 9.91. The molecule has 0 bridgehead atoms. The van der Waals surface area contributed by atoms with Crippen molar-refractivity contribution in [1.82, 2.24) is 5.43 Å². The molecule has 2 N–H and O–H groups in total. The number of hydrogen-bond acceptors (Lipinski definition) is 3. The second-order valence-electron chi connectivity index (χ2n) is 5.18. The molecular formula is C14H14BrN3O2. The van der Waals surface area contributed by atoms with Gasteiger partial charge in [-0.05, 0) is 45.6 Å². The molecular weight excluding hydrogens is 322 g/mol. The van der Waals surface area contributed by atoms with Crippen molar-refractivity contribution in [3.8, 4) is 0 Å². The topological polar surface area (TPSA) is 70.6 Å². The van der Waals surface area contributed by atoms with Crippen LogP contribution in [-0.4, -0.2) is 17.5 Å². The molecule has 1 aromatic carbocycles. The monoisotopic (exact) mass is 335 g/mol. The fourth-order valence-corrected chi connectivity index (χ4v) is 3.20. The van der Waals surface area contributed by atoms with E-state index in [-0.39, 0.29) is 17.7 Å². The van der Waals surface area contributed by atoms with Gasteiger partial charge in [0, 0.05) is 23.2 Å². The Balaban J connectivity index is 2.02. The van der Waals surface area contributed by atoms with Crippen LogP contribution in [0.25, 0.3) is 0 Å². The van der Waals surface area contributed by atoms with E-state index in [4.69, 9.17) is 0 Å². The highest BCUT2D eigenvalue weighted by Gasteiger charge is 2.24. The Kier molecular flexibility index (Phi) is 3.33. The Morgan fingerprint density at radius 3 is 2.80 bits per heavy atom. The predicted molar refractivity (Wildman–Crippen MR) is 79.6 cm³/mol. The molecule has 0 saturated carbocycles. The highest BCUT2D eigenvalue weighted by atomic mass is 79.9.